The molecule has 144 valence electrons. The number of hydrogen-bond acceptors (Lipinski definition) is 3. The van der Waals surface area contributed by atoms with Crippen molar-refractivity contribution in [2.24, 2.45) is 4.99 Å². The van der Waals surface area contributed by atoms with Crippen LogP contribution in [0, 0.1) is 0 Å². The Morgan fingerprint density at radius 1 is 1.00 bits per heavy atom. The lowest BCUT2D eigenvalue weighted by molar-refractivity contribution is 0.592. The molecule has 1 fully saturated rings. The van der Waals surface area contributed by atoms with Crippen molar-refractivity contribution in [3.05, 3.63) is 66.2 Å². The molecule has 6 heteroatoms. The van der Waals surface area contributed by atoms with Crippen LogP contribution in [0.4, 0.5) is 0 Å². The van der Waals surface area contributed by atoms with Crippen LogP contribution in [0.25, 0.3) is 0 Å². The van der Waals surface area contributed by atoms with Gasteiger partial charge in [-0.1, -0.05) is 48.5 Å². The fourth-order valence-electron chi connectivity index (χ4n) is 3.20. The number of rotatable bonds is 8. The summed E-state index contributed by atoms with van der Waals surface area (Å²) in [4.78, 5) is 4.63. The van der Waals surface area contributed by atoms with Gasteiger partial charge in [0.2, 0.25) is 0 Å². The number of guanidine groups is 1. The highest BCUT2D eigenvalue weighted by atomic mass is 32.2. The average Bonchev–Trinajstić information content (AvgIpc) is 3.50. The van der Waals surface area contributed by atoms with Gasteiger partial charge in [-0.05, 0) is 37.0 Å². The van der Waals surface area contributed by atoms with Crippen molar-refractivity contribution < 1.29 is 8.42 Å². The van der Waals surface area contributed by atoms with E-state index in [1.165, 1.54) is 18.4 Å². The van der Waals surface area contributed by atoms with E-state index in [-0.39, 0.29) is 11.2 Å². The standard InChI is InChI=1S/C21H27N3O2S/c1-22-20(24-17-21(13-14-21)18-9-4-2-5-10-18)23-15-8-16-27(25,26)19-11-6-3-7-12-19/h2-7,9-12H,8,13-17H2,1H3,(H2,22,23,24). The van der Waals surface area contributed by atoms with E-state index in [0.29, 0.717) is 23.8 Å². The lowest BCUT2D eigenvalue weighted by atomic mass is 9.96. The second-order valence-electron chi connectivity index (χ2n) is 6.98. The summed E-state index contributed by atoms with van der Waals surface area (Å²) in [7, 11) is -1.49. The Hall–Kier alpha value is -2.34. The normalized spacial score (nSPS) is 16.0. The topological polar surface area (TPSA) is 70.6 Å². The first-order chi connectivity index (χ1) is 13.1. The first kappa shape index (κ1) is 19.4. The van der Waals surface area contributed by atoms with Gasteiger partial charge in [0.05, 0.1) is 10.6 Å². The maximum Gasteiger partial charge on any atom is 0.191 e. The summed E-state index contributed by atoms with van der Waals surface area (Å²) in [6.45, 7) is 1.39. The van der Waals surface area contributed by atoms with Gasteiger partial charge in [0.15, 0.2) is 15.8 Å². The SMILES string of the molecule is CN=C(NCCCS(=O)(=O)c1ccccc1)NCC1(c2ccccc2)CC1. The Bertz CT molecular complexity index is 861. The van der Waals surface area contributed by atoms with Gasteiger partial charge in [-0.25, -0.2) is 8.42 Å². The van der Waals surface area contributed by atoms with E-state index < -0.39 is 9.84 Å². The smallest absolute Gasteiger partial charge is 0.191 e. The summed E-state index contributed by atoms with van der Waals surface area (Å²) in [5.74, 6) is 0.837. The Labute approximate surface area is 161 Å². The third-order valence-corrected chi connectivity index (χ3v) is 6.86. The zero-order valence-electron chi connectivity index (χ0n) is 15.7. The molecule has 0 spiro atoms. The number of benzene rings is 2. The molecule has 1 aliphatic rings. The molecule has 0 atom stereocenters. The minimum absolute atomic E-state index is 0.120. The molecule has 0 aromatic heterocycles. The molecule has 1 saturated carbocycles. The van der Waals surface area contributed by atoms with E-state index in [0.717, 1.165) is 6.54 Å². The first-order valence-corrected chi connectivity index (χ1v) is 11.0. The largest absolute Gasteiger partial charge is 0.356 e. The lowest BCUT2D eigenvalue weighted by Gasteiger charge is -2.19. The van der Waals surface area contributed by atoms with Crippen molar-refractivity contribution in [2.75, 3.05) is 25.9 Å². The van der Waals surface area contributed by atoms with Crippen LogP contribution in [0.3, 0.4) is 0 Å². The Kier molecular flexibility index (Phi) is 6.16. The van der Waals surface area contributed by atoms with Gasteiger partial charge in [0.1, 0.15) is 0 Å². The quantitative estimate of drug-likeness (QED) is 0.416. The molecular formula is C21H27N3O2S. The van der Waals surface area contributed by atoms with E-state index >= 15 is 0 Å². The van der Waals surface area contributed by atoms with Crippen molar-refractivity contribution in [1.82, 2.24) is 10.6 Å². The number of hydrogen-bond donors (Lipinski definition) is 2. The predicted molar refractivity (Wildman–Crippen MR) is 110 cm³/mol. The van der Waals surface area contributed by atoms with Gasteiger partial charge in [-0.3, -0.25) is 4.99 Å². The third-order valence-electron chi connectivity index (χ3n) is 5.04. The highest BCUT2D eigenvalue weighted by Crippen LogP contribution is 2.47. The minimum atomic E-state index is -3.23. The molecule has 0 saturated heterocycles. The summed E-state index contributed by atoms with van der Waals surface area (Å²) in [5.41, 5.74) is 1.57. The van der Waals surface area contributed by atoms with Gasteiger partial charge in [0.25, 0.3) is 0 Å². The van der Waals surface area contributed by atoms with E-state index in [4.69, 9.17) is 0 Å². The van der Waals surface area contributed by atoms with Gasteiger partial charge in [-0.2, -0.15) is 0 Å². The Balaban J connectivity index is 1.44. The molecule has 0 unspecified atom stereocenters. The van der Waals surface area contributed by atoms with Crippen molar-refractivity contribution in [3.8, 4) is 0 Å². The van der Waals surface area contributed by atoms with Crippen LogP contribution in [0.1, 0.15) is 24.8 Å². The molecular weight excluding hydrogens is 358 g/mol. The van der Waals surface area contributed by atoms with Crippen LogP contribution >= 0.6 is 0 Å². The predicted octanol–water partition coefficient (Wildman–Crippen LogP) is 2.75. The molecule has 1 aliphatic carbocycles. The molecule has 3 rings (SSSR count). The zero-order valence-corrected chi connectivity index (χ0v) is 16.5. The number of nitrogens with one attached hydrogen (secondary N) is 2. The molecule has 2 aromatic rings. The fraction of sp³-hybridized carbons (Fsp3) is 0.381. The Morgan fingerprint density at radius 3 is 2.22 bits per heavy atom. The van der Waals surface area contributed by atoms with Crippen LogP contribution in [0.2, 0.25) is 0 Å². The molecule has 0 amide bonds. The molecule has 0 radical (unpaired) electrons. The minimum Gasteiger partial charge on any atom is -0.356 e. The highest BCUT2D eigenvalue weighted by molar-refractivity contribution is 7.91. The number of nitrogens with zero attached hydrogens (tertiary/aromatic N) is 1. The summed E-state index contributed by atoms with van der Waals surface area (Å²) in [6.07, 6.45) is 2.88. The molecule has 27 heavy (non-hydrogen) atoms. The first-order valence-electron chi connectivity index (χ1n) is 9.34. The monoisotopic (exact) mass is 385 g/mol. The van der Waals surface area contributed by atoms with Crippen LogP contribution < -0.4 is 10.6 Å². The van der Waals surface area contributed by atoms with E-state index in [9.17, 15) is 8.42 Å². The fourth-order valence-corrected chi connectivity index (χ4v) is 4.53. The van der Waals surface area contributed by atoms with E-state index in [1.807, 2.05) is 12.1 Å². The summed E-state index contributed by atoms with van der Waals surface area (Å²) in [6, 6.07) is 19.2. The molecule has 0 aliphatic heterocycles. The second-order valence-corrected chi connectivity index (χ2v) is 9.09. The van der Waals surface area contributed by atoms with Gasteiger partial charge >= 0.3 is 0 Å². The molecule has 2 aromatic carbocycles. The molecule has 0 bridgehead atoms. The van der Waals surface area contributed by atoms with Crippen molar-refractivity contribution >= 4 is 15.8 Å². The number of aliphatic imine (C=N–C) groups is 1. The van der Waals surface area contributed by atoms with Gasteiger partial charge < -0.3 is 10.6 Å². The lowest BCUT2D eigenvalue weighted by Crippen LogP contribution is -2.41. The van der Waals surface area contributed by atoms with E-state index in [2.05, 4.69) is 39.9 Å². The number of sulfone groups is 1. The van der Waals surface area contributed by atoms with Crippen LogP contribution in [-0.2, 0) is 15.3 Å². The van der Waals surface area contributed by atoms with Crippen molar-refractivity contribution in [1.29, 1.82) is 0 Å². The molecule has 2 N–H and O–H groups in total. The maximum atomic E-state index is 12.3. The average molecular weight is 386 g/mol. The highest BCUT2D eigenvalue weighted by Gasteiger charge is 2.43. The molecule has 5 nitrogen and oxygen atoms in total. The van der Waals surface area contributed by atoms with Crippen LogP contribution in [0.5, 0.6) is 0 Å². The second kappa shape index (κ2) is 8.57. The van der Waals surface area contributed by atoms with Gasteiger partial charge in [0, 0.05) is 25.6 Å². The zero-order chi connectivity index (χ0) is 19.2. The summed E-state index contributed by atoms with van der Waals surface area (Å²) >= 11 is 0. The van der Waals surface area contributed by atoms with Crippen LogP contribution in [-0.4, -0.2) is 40.3 Å². The van der Waals surface area contributed by atoms with Gasteiger partial charge in [-0.15, -0.1) is 0 Å². The van der Waals surface area contributed by atoms with Crippen molar-refractivity contribution in [2.45, 2.75) is 29.6 Å². The summed E-state index contributed by atoms with van der Waals surface area (Å²) < 4.78 is 24.6. The van der Waals surface area contributed by atoms with Crippen molar-refractivity contribution in [3.63, 3.8) is 0 Å². The third kappa shape index (κ3) is 5.10. The Morgan fingerprint density at radius 2 is 1.63 bits per heavy atom. The molecule has 0 heterocycles. The summed E-state index contributed by atoms with van der Waals surface area (Å²) in [5, 5.41) is 6.61. The van der Waals surface area contributed by atoms with E-state index in [1.54, 1.807) is 31.3 Å². The van der Waals surface area contributed by atoms with Crippen LogP contribution in [0.15, 0.2) is 70.6 Å². The maximum absolute atomic E-state index is 12.3.